The summed E-state index contributed by atoms with van der Waals surface area (Å²) in [4.78, 5) is 34.7. The summed E-state index contributed by atoms with van der Waals surface area (Å²) in [6.45, 7) is 2.46. The zero-order valence-electron chi connectivity index (χ0n) is 20.8. The summed E-state index contributed by atoms with van der Waals surface area (Å²) in [5.74, 6) is 0.135. The van der Waals surface area contributed by atoms with E-state index >= 15 is 0 Å². The van der Waals surface area contributed by atoms with Gasteiger partial charge in [0.05, 0.1) is 16.1 Å². The fourth-order valence-corrected chi connectivity index (χ4v) is 6.87. The van der Waals surface area contributed by atoms with E-state index in [9.17, 15) is 14.7 Å². The number of phenols is 1. The Kier molecular flexibility index (Phi) is 5.43. The summed E-state index contributed by atoms with van der Waals surface area (Å²) in [5, 5.41) is 18.5. The number of nitrogens with one attached hydrogen (secondary N) is 3. The Bertz CT molecular complexity index is 1950. The van der Waals surface area contributed by atoms with Gasteiger partial charge in [0, 0.05) is 69.7 Å². The quantitative estimate of drug-likeness (QED) is 0.175. The Hall–Kier alpha value is -4.27. The number of rotatable bonds is 4. The molecule has 1 unspecified atom stereocenters. The number of alkyl halides is 1. The lowest BCUT2D eigenvalue weighted by Crippen LogP contribution is -2.30. The lowest BCUT2D eigenvalue weighted by atomic mass is 9.97. The van der Waals surface area contributed by atoms with Crippen LogP contribution in [0.1, 0.15) is 37.8 Å². The third kappa shape index (κ3) is 3.71. The van der Waals surface area contributed by atoms with Gasteiger partial charge >= 0.3 is 0 Å². The molecule has 6 aromatic rings. The molecule has 7 rings (SSSR count). The first kappa shape index (κ1) is 23.8. The zero-order valence-corrected chi connectivity index (χ0v) is 22.4. The topological polar surface area (TPSA) is 101 Å². The van der Waals surface area contributed by atoms with E-state index in [-0.39, 0.29) is 23.5 Å². The minimum Gasteiger partial charge on any atom is -0.506 e. The molecule has 1 atom stereocenters. The fourth-order valence-electron chi connectivity index (χ4n) is 5.64. The van der Waals surface area contributed by atoms with Crippen molar-refractivity contribution in [2.45, 2.75) is 12.8 Å². The van der Waals surface area contributed by atoms with E-state index in [1.54, 1.807) is 35.4 Å². The summed E-state index contributed by atoms with van der Waals surface area (Å²) in [6.07, 6.45) is 3.57. The molecule has 3 aromatic heterocycles. The number of anilines is 2. The Balaban J connectivity index is 1.19. The molecule has 0 spiro atoms. The molecule has 0 bridgehead atoms. The van der Waals surface area contributed by atoms with E-state index in [1.165, 1.54) is 11.3 Å². The summed E-state index contributed by atoms with van der Waals surface area (Å²) >= 11 is 7.86. The van der Waals surface area contributed by atoms with Crippen LogP contribution in [0.25, 0.3) is 31.9 Å². The number of aromatic amines is 2. The molecule has 3 aromatic carbocycles. The van der Waals surface area contributed by atoms with Crippen LogP contribution in [0.2, 0.25) is 0 Å². The maximum Gasteiger partial charge on any atom is 0.258 e. The molecular formula is C30H23ClN4O3S. The van der Waals surface area contributed by atoms with Crippen LogP contribution in [-0.2, 0) is 0 Å². The number of hydrogen-bond acceptors (Lipinski definition) is 4. The second-order valence-electron chi connectivity index (χ2n) is 9.91. The minimum absolute atomic E-state index is 0.0248. The van der Waals surface area contributed by atoms with Crippen molar-refractivity contribution in [3.05, 3.63) is 88.6 Å². The molecule has 1 aliphatic rings. The van der Waals surface area contributed by atoms with Gasteiger partial charge in [-0.1, -0.05) is 6.07 Å². The zero-order chi connectivity index (χ0) is 26.8. The number of phenolic OH excluding ortho intramolecular Hbond substituents is 1. The van der Waals surface area contributed by atoms with Gasteiger partial charge < -0.3 is 25.3 Å². The van der Waals surface area contributed by atoms with Crippen LogP contribution < -0.4 is 10.2 Å². The highest BCUT2D eigenvalue weighted by Crippen LogP contribution is 2.48. The second kappa shape index (κ2) is 8.90. The van der Waals surface area contributed by atoms with Gasteiger partial charge in [0.15, 0.2) is 0 Å². The van der Waals surface area contributed by atoms with Gasteiger partial charge in [-0.05, 0) is 65.2 Å². The maximum atomic E-state index is 13.8. The van der Waals surface area contributed by atoms with Crippen LogP contribution >= 0.6 is 22.9 Å². The number of fused-ring (bicyclic) bond motifs is 5. The summed E-state index contributed by atoms with van der Waals surface area (Å²) in [7, 11) is 0. The normalized spacial score (nSPS) is 14.9. The van der Waals surface area contributed by atoms with Crippen LogP contribution in [0, 0.1) is 6.92 Å². The summed E-state index contributed by atoms with van der Waals surface area (Å²) in [5.41, 5.74) is 6.11. The first-order valence-electron chi connectivity index (χ1n) is 12.5. The standard InChI is InChI=1S/C30H23ClN4O3S/c1-15-14-39-28-25(36)10-24-27(26(15)28)19(11-31)13-35(24)30(38)18-4-5-20-22(9-18)33-12-23(20)34-29(37)17-3-2-16-6-7-32-21(16)8-17/h2-10,12,14,19,32-33,36H,11,13H2,1H3,(H,34,37). The predicted molar refractivity (Wildman–Crippen MR) is 158 cm³/mol. The molecule has 39 heavy (non-hydrogen) atoms. The number of aryl methyl sites for hydroxylation is 1. The minimum atomic E-state index is -0.219. The number of halogens is 1. The Morgan fingerprint density at radius 2 is 1.92 bits per heavy atom. The maximum absolute atomic E-state index is 13.8. The highest BCUT2D eigenvalue weighted by Gasteiger charge is 2.36. The number of aromatic hydroxyl groups is 1. The monoisotopic (exact) mass is 554 g/mol. The van der Waals surface area contributed by atoms with Crippen LogP contribution in [0.4, 0.5) is 11.4 Å². The van der Waals surface area contributed by atoms with Crippen molar-refractivity contribution in [2.24, 2.45) is 0 Å². The van der Waals surface area contributed by atoms with Gasteiger partial charge in [0.25, 0.3) is 11.8 Å². The van der Waals surface area contributed by atoms with Gasteiger partial charge in [-0.25, -0.2) is 0 Å². The van der Waals surface area contributed by atoms with Crippen molar-refractivity contribution in [1.29, 1.82) is 0 Å². The summed E-state index contributed by atoms with van der Waals surface area (Å²) in [6, 6.07) is 14.6. The van der Waals surface area contributed by atoms with Gasteiger partial charge in [0.1, 0.15) is 5.75 Å². The van der Waals surface area contributed by atoms with Gasteiger partial charge in [-0.15, -0.1) is 22.9 Å². The Morgan fingerprint density at radius 1 is 1.10 bits per heavy atom. The molecule has 4 N–H and O–H groups in total. The van der Waals surface area contributed by atoms with Crippen molar-refractivity contribution in [3.8, 4) is 5.75 Å². The predicted octanol–water partition coefficient (Wildman–Crippen LogP) is 7.11. The largest absolute Gasteiger partial charge is 0.506 e. The number of carbonyl (C=O) groups is 2. The first-order chi connectivity index (χ1) is 18.9. The number of H-pyrrole nitrogens is 2. The molecule has 7 nitrogen and oxygen atoms in total. The molecule has 9 heteroatoms. The average molecular weight is 555 g/mol. The van der Waals surface area contributed by atoms with E-state index in [1.807, 2.05) is 42.8 Å². The van der Waals surface area contributed by atoms with Crippen molar-refractivity contribution in [3.63, 3.8) is 0 Å². The number of aromatic nitrogens is 2. The van der Waals surface area contributed by atoms with Gasteiger partial charge in [-0.2, -0.15) is 0 Å². The average Bonchev–Trinajstić information content (AvgIpc) is 3.73. The summed E-state index contributed by atoms with van der Waals surface area (Å²) < 4.78 is 0.825. The Morgan fingerprint density at radius 3 is 2.77 bits per heavy atom. The van der Waals surface area contributed by atoms with Crippen molar-refractivity contribution in [1.82, 2.24) is 9.97 Å². The van der Waals surface area contributed by atoms with Crippen molar-refractivity contribution in [2.75, 3.05) is 22.6 Å². The molecule has 4 heterocycles. The Labute approximate surface area is 232 Å². The number of amides is 2. The number of thiophene rings is 1. The van der Waals surface area contributed by atoms with Crippen molar-refractivity contribution >= 4 is 78.0 Å². The molecule has 0 fully saturated rings. The van der Waals surface area contributed by atoms with E-state index < -0.39 is 0 Å². The number of carbonyl (C=O) groups excluding carboxylic acids is 2. The molecule has 2 amide bonds. The molecular weight excluding hydrogens is 532 g/mol. The number of nitrogens with zero attached hydrogens (tertiary/aromatic N) is 1. The van der Waals surface area contributed by atoms with Crippen LogP contribution in [-0.4, -0.2) is 39.3 Å². The van der Waals surface area contributed by atoms with E-state index in [0.29, 0.717) is 34.9 Å². The number of hydrogen-bond donors (Lipinski definition) is 4. The van der Waals surface area contributed by atoms with Gasteiger partial charge in [-0.3, -0.25) is 9.59 Å². The second-order valence-corrected chi connectivity index (χ2v) is 11.1. The molecule has 0 radical (unpaired) electrons. The highest BCUT2D eigenvalue weighted by atomic mass is 35.5. The molecule has 0 saturated heterocycles. The van der Waals surface area contributed by atoms with Crippen LogP contribution in [0.3, 0.4) is 0 Å². The third-order valence-electron chi connectivity index (χ3n) is 7.55. The molecule has 0 saturated carbocycles. The van der Waals surface area contributed by atoms with E-state index in [4.69, 9.17) is 11.6 Å². The molecule has 194 valence electrons. The lowest BCUT2D eigenvalue weighted by Gasteiger charge is -2.18. The van der Waals surface area contributed by atoms with Crippen molar-refractivity contribution < 1.29 is 14.7 Å². The first-order valence-corrected chi connectivity index (χ1v) is 14.0. The number of benzene rings is 3. The van der Waals surface area contributed by atoms with Gasteiger partial charge in [0.2, 0.25) is 0 Å². The smallest absolute Gasteiger partial charge is 0.258 e. The van der Waals surface area contributed by atoms with E-state index in [2.05, 4.69) is 15.3 Å². The third-order valence-corrected chi connectivity index (χ3v) is 9.05. The van der Waals surface area contributed by atoms with E-state index in [0.717, 1.165) is 43.0 Å². The molecule has 0 aliphatic carbocycles. The van der Waals surface area contributed by atoms with Crippen LogP contribution in [0.5, 0.6) is 5.75 Å². The SMILES string of the molecule is Cc1csc2c(O)cc3c(c12)C(CCl)CN3C(=O)c1ccc2c(NC(=O)c3ccc4cc[nH]c4c3)c[nH]c2c1. The lowest BCUT2D eigenvalue weighted by molar-refractivity contribution is 0.0986. The fraction of sp³-hybridized carbons (Fsp3) is 0.133. The highest BCUT2D eigenvalue weighted by molar-refractivity contribution is 7.17. The molecule has 1 aliphatic heterocycles. The van der Waals surface area contributed by atoms with Crippen LogP contribution in [0.15, 0.2) is 66.3 Å².